The molecule has 186 valence electrons. The number of benzene rings is 3. The second kappa shape index (κ2) is 12.4. The molecule has 0 radical (unpaired) electrons. The van der Waals surface area contributed by atoms with Gasteiger partial charge in [0.25, 0.3) is 5.91 Å². The number of amides is 1. The molecule has 3 N–H and O–H groups in total. The fourth-order valence-corrected chi connectivity index (χ4v) is 3.67. The summed E-state index contributed by atoms with van der Waals surface area (Å²) in [5.74, 6) is 0.932. The summed E-state index contributed by atoms with van der Waals surface area (Å²) in [6.07, 6.45) is -0.475. The van der Waals surface area contributed by atoms with Crippen molar-refractivity contribution >= 4 is 5.91 Å². The Morgan fingerprint density at radius 3 is 2.09 bits per heavy atom. The molecule has 35 heavy (non-hydrogen) atoms. The van der Waals surface area contributed by atoms with Gasteiger partial charge in [-0.05, 0) is 46.4 Å². The van der Waals surface area contributed by atoms with E-state index >= 15 is 0 Å². The normalized spacial score (nSPS) is 13.1. The quantitative estimate of drug-likeness (QED) is 0.385. The van der Waals surface area contributed by atoms with Crippen molar-refractivity contribution in [2.45, 2.75) is 44.8 Å². The summed E-state index contributed by atoms with van der Waals surface area (Å²) < 4.78 is 11.6. The van der Waals surface area contributed by atoms with E-state index in [9.17, 15) is 9.90 Å². The highest BCUT2D eigenvalue weighted by atomic mass is 16.5. The minimum Gasteiger partial charge on any atom is -0.491 e. The van der Waals surface area contributed by atoms with Crippen molar-refractivity contribution < 1.29 is 24.5 Å². The first-order chi connectivity index (χ1) is 16.8. The third kappa shape index (κ3) is 7.84. The van der Waals surface area contributed by atoms with Crippen LogP contribution in [0.15, 0.2) is 78.9 Å². The molecule has 3 aromatic carbocycles. The van der Waals surface area contributed by atoms with Gasteiger partial charge in [0.1, 0.15) is 18.1 Å². The summed E-state index contributed by atoms with van der Waals surface area (Å²) in [6, 6.07) is 24.0. The summed E-state index contributed by atoms with van der Waals surface area (Å²) in [5.41, 5.74) is 2.91. The number of ether oxygens (including phenoxy) is 2. The van der Waals surface area contributed by atoms with E-state index in [0.717, 1.165) is 11.1 Å². The molecule has 2 atom stereocenters. The predicted octanol–water partition coefficient (Wildman–Crippen LogP) is 4.20. The molecule has 0 aliphatic carbocycles. The zero-order chi connectivity index (χ0) is 25.3. The first-order valence-corrected chi connectivity index (χ1v) is 11.9. The zero-order valence-corrected chi connectivity index (χ0v) is 20.6. The van der Waals surface area contributed by atoms with Gasteiger partial charge in [-0.3, -0.25) is 4.79 Å². The standard InChI is InChI=1S/C29H35NO5/c1-29(2,3)23-11-15-25(16-12-23)35-27(19-21-9-13-24(14-10-21)34-18-17-31)28(33)30-26(20-32)22-7-5-4-6-8-22/h4-16,26-27,31-32H,17-20H2,1-3H3,(H,30,33)/t26?,27-/m0/s1. The molecule has 6 nitrogen and oxygen atoms in total. The molecule has 0 saturated carbocycles. The van der Waals surface area contributed by atoms with Gasteiger partial charge in [-0.2, -0.15) is 0 Å². The third-order valence-electron chi connectivity index (χ3n) is 5.70. The molecule has 3 aromatic rings. The average Bonchev–Trinajstić information content (AvgIpc) is 2.86. The maximum absolute atomic E-state index is 13.3. The van der Waals surface area contributed by atoms with Crippen LogP contribution in [-0.4, -0.2) is 42.0 Å². The molecule has 6 heteroatoms. The van der Waals surface area contributed by atoms with Crippen molar-refractivity contribution in [1.82, 2.24) is 5.32 Å². The molecule has 0 saturated heterocycles. The lowest BCUT2D eigenvalue weighted by molar-refractivity contribution is -0.129. The predicted molar refractivity (Wildman–Crippen MR) is 137 cm³/mol. The highest BCUT2D eigenvalue weighted by Gasteiger charge is 2.25. The summed E-state index contributed by atoms with van der Waals surface area (Å²) >= 11 is 0. The van der Waals surface area contributed by atoms with Gasteiger partial charge >= 0.3 is 0 Å². The van der Waals surface area contributed by atoms with E-state index < -0.39 is 12.1 Å². The average molecular weight is 478 g/mol. The van der Waals surface area contributed by atoms with Crippen LogP contribution in [0.4, 0.5) is 0 Å². The number of nitrogens with one attached hydrogen (secondary N) is 1. The van der Waals surface area contributed by atoms with Crippen LogP contribution in [-0.2, 0) is 16.6 Å². The fraction of sp³-hybridized carbons (Fsp3) is 0.345. The lowest BCUT2D eigenvalue weighted by atomic mass is 9.87. The van der Waals surface area contributed by atoms with E-state index in [-0.39, 0.29) is 31.1 Å². The van der Waals surface area contributed by atoms with Gasteiger partial charge in [0.05, 0.1) is 19.3 Å². The maximum atomic E-state index is 13.3. The molecule has 0 aliphatic heterocycles. The molecule has 1 amide bonds. The molecule has 0 bridgehead atoms. The number of rotatable bonds is 11. The SMILES string of the molecule is CC(C)(C)c1ccc(O[C@@H](Cc2ccc(OCCO)cc2)C(=O)NC(CO)c2ccccc2)cc1. The second-order valence-electron chi connectivity index (χ2n) is 9.46. The molecular weight excluding hydrogens is 442 g/mol. The number of aliphatic hydroxyl groups excluding tert-OH is 2. The van der Waals surface area contributed by atoms with Crippen LogP contribution in [0.5, 0.6) is 11.5 Å². The maximum Gasteiger partial charge on any atom is 0.261 e. The van der Waals surface area contributed by atoms with Crippen LogP contribution < -0.4 is 14.8 Å². The molecule has 3 rings (SSSR count). The summed E-state index contributed by atoms with van der Waals surface area (Å²) in [4.78, 5) is 13.3. The topological polar surface area (TPSA) is 88.0 Å². The van der Waals surface area contributed by atoms with E-state index in [2.05, 4.69) is 26.1 Å². The summed E-state index contributed by atoms with van der Waals surface area (Å²) in [6.45, 7) is 6.38. The molecule has 0 heterocycles. The van der Waals surface area contributed by atoms with Crippen LogP contribution in [0.3, 0.4) is 0 Å². The first-order valence-electron chi connectivity index (χ1n) is 11.9. The molecule has 0 aromatic heterocycles. The fourth-order valence-electron chi connectivity index (χ4n) is 3.67. The monoisotopic (exact) mass is 477 g/mol. The van der Waals surface area contributed by atoms with Crippen LogP contribution in [0.1, 0.15) is 43.5 Å². The minimum absolute atomic E-state index is 0.0131. The molecule has 1 unspecified atom stereocenters. The van der Waals surface area contributed by atoms with Crippen molar-refractivity contribution in [3.63, 3.8) is 0 Å². The van der Waals surface area contributed by atoms with Gasteiger partial charge in [-0.1, -0.05) is 75.4 Å². The Morgan fingerprint density at radius 1 is 0.886 bits per heavy atom. The molecule has 0 spiro atoms. The van der Waals surface area contributed by atoms with E-state index in [1.54, 1.807) is 12.1 Å². The smallest absolute Gasteiger partial charge is 0.261 e. The van der Waals surface area contributed by atoms with Gasteiger partial charge in [-0.15, -0.1) is 0 Å². The highest BCUT2D eigenvalue weighted by molar-refractivity contribution is 5.82. The van der Waals surface area contributed by atoms with Crippen molar-refractivity contribution in [3.05, 3.63) is 95.6 Å². The number of aliphatic hydroxyl groups is 2. The molecule has 0 fully saturated rings. The van der Waals surface area contributed by atoms with Crippen molar-refractivity contribution in [2.24, 2.45) is 0 Å². The van der Waals surface area contributed by atoms with Crippen LogP contribution in [0.25, 0.3) is 0 Å². The van der Waals surface area contributed by atoms with Crippen LogP contribution in [0, 0.1) is 0 Å². The van der Waals surface area contributed by atoms with Crippen LogP contribution >= 0.6 is 0 Å². The van der Waals surface area contributed by atoms with Crippen molar-refractivity contribution in [1.29, 1.82) is 0 Å². The minimum atomic E-state index is -0.808. The number of carbonyl (C=O) groups is 1. The van der Waals surface area contributed by atoms with E-state index in [1.165, 1.54) is 5.56 Å². The van der Waals surface area contributed by atoms with E-state index in [1.807, 2.05) is 66.7 Å². The molecule has 0 aliphatic rings. The third-order valence-corrected chi connectivity index (χ3v) is 5.70. The summed E-state index contributed by atoms with van der Waals surface area (Å²) in [5, 5.41) is 21.8. The Bertz CT molecular complexity index is 1040. The summed E-state index contributed by atoms with van der Waals surface area (Å²) in [7, 11) is 0. The Labute approximate surface area is 207 Å². The number of carbonyl (C=O) groups excluding carboxylic acids is 1. The van der Waals surface area contributed by atoms with Crippen LogP contribution in [0.2, 0.25) is 0 Å². The van der Waals surface area contributed by atoms with Gasteiger partial charge in [0.2, 0.25) is 0 Å². The number of hydrogen-bond acceptors (Lipinski definition) is 5. The number of hydrogen-bond donors (Lipinski definition) is 3. The Balaban J connectivity index is 1.79. The largest absolute Gasteiger partial charge is 0.491 e. The Morgan fingerprint density at radius 2 is 1.51 bits per heavy atom. The molecular formula is C29H35NO5. The van der Waals surface area contributed by atoms with E-state index in [4.69, 9.17) is 14.6 Å². The highest BCUT2D eigenvalue weighted by Crippen LogP contribution is 2.25. The van der Waals surface area contributed by atoms with E-state index in [0.29, 0.717) is 17.9 Å². The van der Waals surface area contributed by atoms with Crippen molar-refractivity contribution in [3.8, 4) is 11.5 Å². The first kappa shape index (κ1) is 26.3. The second-order valence-corrected chi connectivity index (χ2v) is 9.46. The zero-order valence-electron chi connectivity index (χ0n) is 20.6. The Kier molecular flexibility index (Phi) is 9.29. The van der Waals surface area contributed by atoms with Crippen molar-refractivity contribution in [2.75, 3.05) is 19.8 Å². The lowest BCUT2D eigenvalue weighted by Crippen LogP contribution is -2.42. The van der Waals surface area contributed by atoms with Gasteiger partial charge in [-0.25, -0.2) is 0 Å². The van der Waals surface area contributed by atoms with Gasteiger partial charge in [0, 0.05) is 6.42 Å². The van der Waals surface area contributed by atoms with Gasteiger partial charge in [0.15, 0.2) is 6.10 Å². The lowest BCUT2D eigenvalue weighted by Gasteiger charge is -2.24. The Hall–Kier alpha value is -3.35. The van der Waals surface area contributed by atoms with Gasteiger partial charge < -0.3 is 25.0 Å².